The molecule has 0 aromatic heterocycles. The zero-order valence-corrected chi connectivity index (χ0v) is 15.4. The fraction of sp³-hybridized carbons (Fsp3) is 0. The van der Waals surface area contributed by atoms with E-state index >= 15 is 0 Å². The summed E-state index contributed by atoms with van der Waals surface area (Å²) in [5, 5.41) is 0.336. The van der Waals surface area contributed by atoms with Crippen molar-refractivity contribution in [1.82, 2.24) is 0 Å². The van der Waals surface area contributed by atoms with Gasteiger partial charge < -0.3 is 0 Å². The zero-order valence-electron chi connectivity index (χ0n) is 12.5. The number of halogens is 2. The molecule has 4 heteroatoms. The van der Waals surface area contributed by atoms with Crippen LogP contribution in [0.25, 0.3) is 0 Å². The van der Waals surface area contributed by atoms with Crippen molar-refractivity contribution in [2.75, 3.05) is 0 Å². The second-order valence-electron chi connectivity index (χ2n) is 5.23. The van der Waals surface area contributed by atoms with Gasteiger partial charge in [-0.05, 0) is 65.1 Å². The van der Waals surface area contributed by atoms with Crippen LogP contribution in [-0.4, -0.2) is 11.6 Å². The lowest BCUT2D eigenvalue weighted by atomic mass is 9.97. The first kappa shape index (κ1) is 16.9. The van der Waals surface area contributed by atoms with E-state index in [-0.39, 0.29) is 11.6 Å². The summed E-state index contributed by atoms with van der Waals surface area (Å²) in [4.78, 5) is 25.2. The predicted molar refractivity (Wildman–Crippen MR) is 104 cm³/mol. The van der Waals surface area contributed by atoms with Gasteiger partial charge in [0.15, 0.2) is 11.6 Å². The summed E-state index contributed by atoms with van der Waals surface area (Å²) in [6, 6.07) is 21.0. The fourth-order valence-corrected chi connectivity index (χ4v) is 2.92. The lowest BCUT2D eigenvalue weighted by Gasteiger charge is -2.07. The number of benzene rings is 3. The number of carbonyl (C=O) groups excluding carboxylic acids is 2. The van der Waals surface area contributed by atoms with Gasteiger partial charge in [-0.25, -0.2) is 0 Å². The van der Waals surface area contributed by atoms with Crippen LogP contribution in [-0.2, 0) is 0 Å². The maximum Gasteiger partial charge on any atom is 0.194 e. The van der Waals surface area contributed by atoms with Crippen molar-refractivity contribution < 1.29 is 9.59 Å². The predicted octanol–water partition coefficient (Wildman–Crippen LogP) is 5.41. The molecule has 0 aliphatic rings. The Morgan fingerprint density at radius 2 is 1.29 bits per heavy atom. The highest BCUT2D eigenvalue weighted by Gasteiger charge is 2.16. The van der Waals surface area contributed by atoms with Crippen molar-refractivity contribution in [3.63, 3.8) is 0 Å². The fourth-order valence-electron chi connectivity index (χ4n) is 2.35. The third kappa shape index (κ3) is 3.57. The first-order valence-corrected chi connectivity index (χ1v) is 8.71. The van der Waals surface area contributed by atoms with Crippen LogP contribution in [0.5, 0.6) is 0 Å². The highest BCUT2D eigenvalue weighted by atomic mass is 127. The molecule has 0 radical (unpaired) electrons. The van der Waals surface area contributed by atoms with Crippen molar-refractivity contribution >= 4 is 45.8 Å². The Balaban J connectivity index is 1.98. The number of hydrogen-bond acceptors (Lipinski definition) is 2. The minimum atomic E-state index is -0.196. The van der Waals surface area contributed by atoms with Gasteiger partial charge in [0.2, 0.25) is 0 Å². The molecular formula is C20H12ClIO2. The van der Waals surface area contributed by atoms with Gasteiger partial charge >= 0.3 is 0 Å². The molecule has 0 aliphatic carbocycles. The first-order valence-electron chi connectivity index (χ1n) is 7.26. The van der Waals surface area contributed by atoms with Gasteiger partial charge in [-0.15, -0.1) is 0 Å². The van der Waals surface area contributed by atoms with E-state index in [2.05, 4.69) is 22.6 Å². The summed E-state index contributed by atoms with van der Waals surface area (Å²) in [6.45, 7) is 0. The summed E-state index contributed by atoms with van der Waals surface area (Å²) in [6.07, 6.45) is 0. The van der Waals surface area contributed by atoms with Gasteiger partial charge in [-0.3, -0.25) is 9.59 Å². The van der Waals surface area contributed by atoms with E-state index in [1.807, 2.05) is 18.2 Å². The molecule has 0 saturated heterocycles. The van der Waals surface area contributed by atoms with E-state index in [1.54, 1.807) is 54.6 Å². The smallest absolute Gasteiger partial charge is 0.194 e. The molecule has 3 aromatic carbocycles. The molecule has 24 heavy (non-hydrogen) atoms. The van der Waals surface area contributed by atoms with E-state index in [0.717, 1.165) is 3.57 Å². The molecule has 118 valence electrons. The molecule has 3 rings (SSSR count). The van der Waals surface area contributed by atoms with Gasteiger partial charge in [0, 0.05) is 25.8 Å². The third-order valence-electron chi connectivity index (χ3n) is 3.62. The lowest BCUT2D eigenvalue weighted by Crippen LogP contribution is -2.06. The Morgan fingerprint density at radius 3 is 1.96 bits per heavy atom. The molecule has 0 amide bonds. The lowest BCUT2D eigenvalue weighted by molar-refractivity contribution is 0.103. The third-order valence-corrected chi connectivity index (χ3v) is 4.66. The summed E-state index contributed by atoms with van der Waals surface area (Å²) < 4.78 is 1.06. The van der Waals surface area contributed by atoms with Crippen LogP contribution in [0.2, 0.25) is 5.02 Å². The number of ketones is 2. The molecule has 3 aromatic rings. The molecule has 0 aliphatic heterocycles. The van der Waals surface area contributed by atoms with Gasteiger partial charge in [0.1, 0.15) is 0 Å². The summed E-state index contributed by atoms with van der Waals surface area (Å²) in [5.41, 5.74) is 1.90. The van der Waals surface area contributed by atoms with E-state index in [4.69, 9.17) is 11.6 Å². The van der Waals surface area contributed by atoms with Gasteiger partial charge in [0.25, 0.3) is 0 Å². The highest BCUT2D eigenvalue weighted by molar-refractivity contribution is 14.1. The first-order chi connectivity index (χ1) is 11.6. The van der Waals surface area contributed by atoms with E-state index in [9.17, 15) is 9.59 Å². The maximum atomic E-state index is 12.6. The summed E-state index contributed by atoms with van der Waals surface area (Å²) in [5.74, 6) is -0.331. The minimum Gasteiger partial charge on any atom is -0.289 e. The van der Waals surface area contributed by atoms with Gasteiger partial charge in [0.05, 0.1) is 5.02 Å². The van der Waals surface area contributed by atoms with Crippen LogP contribution < -0.4 is 0 Å². The van der Waals surface area contributed by atoms with E-state index in [0.29, 0.717) is 27.3 Å². The van der Waals surface area contributed by atoms with Crippen molar-refractivity contribution in [2.24, 2.45) is 0 Å². The second kappa shape index (κ2) is 7.28. The molecule has 0 heterocycles. The van der Waals surface area contributed by atoms with Gasteiger partial charge in [-0.2, -0.15) is 0 Å². The van der Waals surface area contributed by atoms with Crippen molar-refractivity contribution in [1.29, 1.82) is 0 Å². The maximum absolute atomic E-state index is 12.6. The Kier molecular flexibility index (Phi) is 5.11. The molecule has 0 bridgehead atoms. The second-order valence-corrected chi connectivity index (χ2v) is 6.88. The molecule has 0 atom stereocenters. The quantitative estimate of drug-likeness (QED) is 0.397. The molecule has 0 fully saturated rings. The number of hydrogen-bond donors (Lipinski definition) is 0. The molecule has 0 N–H and O–H groups in total. The molecular weight excluding hydrogens is 435 g/mol. The summed E-state index contributed by atoms with van der Waals surface area (Å²) in [7, 11) is 0. The Morgan fingerprint density at radius 1 is 0.708 bits per heavy atom. The van der Waals surface area contributed by atoms with Crippen molar-refractivity contribution in [2.45, 2.75) is 0 Å². The largest absolute Gasteiger partial charge is 0.289 e. The van der Waals surface area contributed by atoms with E-state index in [1.165, 1.54) is 0 Å². The highest BCUT2D eigenvalue weighted by Crippen LogP contribution is 2.23. The Hall–Kier alpha value is -1.98. The van der Waals surface area contributed by atoms with Crippen LogP contribution in [0, 0.1) is 3.57 Å². The normalized spacial score (nSPS) is 10.4. The number of rotatable bonds is 4. The monoisotopic (exact) mass is 446 g/mol. The number of carbonyl (C=O) groups is 2. The molecule has 0 unspecified atom stereocenters. The van der Waals surface area contributed by atoms with Crippen LogP contribution in [0.3, 0.4) is 0 Å². The van der Waals surface area contributed by atoms with Crippen LogP contribution in [0.15, 0.2) is 72.8 Å². The SMILES string of the molecule is O=C(c1ccc(I)cc1)c1ccc(Cl)c(C(=O)c2ccccc2)c1. The summed E-state index contributed by atoms with van der Waals surface area (Å²) >= 11 is 8.37. The van der Waals surface area contributed by atoms with Crippen molar-refractivity contribution in [3.8, 4) is 0 Å². The standard InChI is InChI=1S/C20H12ClIO2/c21-18-11-8-15(19(23)14-6-9-16(22)10-7-14)12-17(18)20(24)13-4-2-1-3-5-13/h1-12H. The van der Waals surface area contributed by atoms with Gasteiger partial charge in [-0.1, -0.05) is 41.9 Å². The molecule has 0 spiro atoms. The van der Waals surface area contributed by atoms with E-state index < -0.39 is 0 Å². The average molecular weight is 447 g/mol. The topological polar surface area (TPSA) is 34.1 Å². The Labute approximate surface area is 158 Å². The average Bonchev–Trinajstić information content (AvgIpc) is 2.62. The molecule has 0 saturated carbocycles. The zero-order chi connectivity index (χ0) is 17.1. The van der Waals surface area contributed by atoms with Crippen LogP contribution in [0.1, 0.15) is 31.8 Å². The molecule has 2 nitrogen and oxygen atoms in total. The van der Waals surface area contributed by atoms with Crippen molar-refractivity contribution in [3.05, 3.63) is 104 Å². The van der Waals surface area contributed by atoms with Crippen LogP contribution in [0.4, 0.5) is 0 Å². The van der Waals surface area contributed by atoms with Crippen LogP contribution >= 0.6 is 34.2 Å². The Bertz CT molecular complexity index is 903. The minimum absolute atomic E-state index is 0.134.